The molecule has 116 valence electrons. The standard InChI is InChI=1S/C14H21N3O3S/c1-10(9-15)17(2)14(18)11-3-7-13(8-4-11)21(19,20)16-12-5-6-12/h3-4,7-8,10,12,16H,5-6,9,15H2,1-2H3. The van der Waals surface area contributed by atoms with Crippen LogP contribution in [-0.2, 0) is 10.0 Å². The third-order valence-corrected chi connectivity index (χ3v) is 5.17. The molecule has 1 aromatic rings. The van der Waals surface area contributed by atoms with Crippen molar-refractivity contribution < 1.29 is 13.2 Å². The summed E-state index contributed by atoms with van der Waals surface area (Å²) in [5.41, 5.74) is 5.99. The monoisotopic (exact) mass is 311 g/mol. The van der Waals surface area contributed by atoms with Crippen molar-refractivity contribution >= 4 is 15.9 Å². The van der Waals surface area contributed by atoms with E-state index in [0.717, 1.165) is 12.8 Å². The van der Waals surface area contributed by atoms with Crippen LogP contribution in [0.5, 0.6) is 0 Å². The molecule has 0 radical (unpaired) electrons. The van der Waals surface area contributed by atoms with Gasteiger partial charge in [0.25, 0.3) is 5.91 Å². The molecule has 2 rings (SSSR count). The minimum absolute atomic E-state index is 0.0628. The van der Waals surface area contributed by atoms with Gasteiger partial charge in [0, 0.05) is 31.2 Å². The van der Waals surface area contributed by atoms with Gasteiger partial charge in [0.15, 0.2) is 0 Å². The number of carbonyl (C=O) groups excluding carboxylic acids is 1. The van der Waals surface area contributed by atoms with Gasteiger partial charge >= 0.3 is 0 Å². The lowest BCUT2D eigenvalue weighted by Gasteiger charge is -2.23. The Morgan fingerprint density at radius 2 is 1.95 bits per heavy atom. The molecule has 0 aromatic heterocycles. The maximum absolute atomic E-state index is 12.2. The van der Waals surface area contributed by atoms with Gasteiger partial charge in [-0.1, -0.05) is 0 Å². The molecule has 0 spiro atoms. The fourth-order valence-corrected chi connectivity index (χ4v) is 3.13. The molecular formula is C14H21N3O3S. The van der Waals surface area contributed by atoms with Crippen LogP contribution in [0.15, 0.2) is 29.2 Å². The van der Waals surface area contributed by atoms with E-state index in [1.54, 1.807) is 11.9 Å². The van der Waals surface area contributed by atoms with Crippen LogP contribution in [0.3, 0.4) is 0 Å². The molecule has 1 saturated carbocycles. The van der Waals surface area contributed by atoms with Crippen molar-refractivity contribution in [1.29, 1.82) is 0 Å². The van der Waals surface area contributed by atoms with E-state index in [2.05, 4.69) is 4.72 Å². The number of amides is 1. The minimum Gasteiger partial charge on any atom is -0.338 e. The zero-order valence-corrected chi connectivity index (χ0v) is 13.1. The van der Waals surface area contributed by atoms with Crippen molar-refractivity contribution in [2.75, 3.05) is 13.6 Å². The highest BCUT2D eigenvalue weighted by Gasteiger charge is 2.28. The second kappa shape index (κ2) is 6.13. The highest BCUT2D eigenvalue weighted by Crippen LogP contribution is 2.22. The lowest BCUT2D eigenvalue weighted by atomic mass is 10.2. The van der Waals surface area contributed by atoms with Gasteiger partial charge in [-0.2, -0.15) is 0 Å². The maximum Gasteiger partial charge on any atom is 0.253 e. The Hall–Kier alpha value is -1.44. The zero-order valence-electron chi connectivity index (χ0n) is 12.2. The van der Waals surface area contributed by atoms with E-state index >= 15 is 0 Å². The number of nitrogens with two attached hydrogens (primary N) is 1. The number of carbonyl (C=O) groups is 1. The molecular weight excluding hydrogens is 290 g/mol. The average Bonchev–Trinajstić information content (AvgIpc) is 3.28. The van der Waals surface area contributed by atoms with Gasteiger partial charge in [-0.05, 0) is 44.0 Å². The number of hydrogen-bond donors (Lipinski definition) is 2. The van der Waals surface area contributed by atoms with Gasteiger partial charge < -0.3 is 10.6 Å². The Balaban J connectivity index is 2.13. The van der Waals surface area contributed by atoms with Crippen LogP contribution in [-0.4, -0.2) is 44.9 Å². The second-order valence-corrected chi connectivity index (χ2v) is 7.13. The molecule has 0 saturated heterocycles. The summed E-state index contributed by atoms with van der Waals surface area (Å²) >= 11 is 0. The van der Waals surface area contributed by atoms with Gasteiger partial charge in [-0.3, -0.25) is 4.79 Å². The molecule has 3 N–H and O–H groups in total. The minimum atomic E-state index is -3.48. The zero-order chi connectivity index (χ0) is 15.6. The summed E-state index contributed by atoms with van der Waals surface area (Å²) in [5.74, 6) is -0.174. The number of rotatable bonds is 6. The van der Waals surface area contributed by atoms with Crippen molar-refractivity contribution in [3.63, 3.8) is 0 Å². The third kappa shape index (κ3) is 3.81. The Labute approximate surface area is 125 Å². The van der Waals surface area contributed by atoms with Crippen LogP contribution >= 0.6 is 0 Å². The summed E-state index contributed by atoms with van der Waals surface area (Å²) in [4.78, 5) is 13.9. The summed E-state index contributed by atoms with van der Waals surface area (Å²) in [6, 6.07) is 5.97. The number of likely N-dealkylation sites (N-methyl/N-ethyl adjacent to an activating group) is 1. The Bertz CT molecular complexity index is 609. The number of benzene rings is 1. The smallest absolute Gasteiger partial charge is 0.253 e. The lowest BCUT2D eigenvalue weighted by molar-refractivity contribution is 0.0748. The lowest BCUT2D eigenvalue weighted by Crippen LogP contribution is -2.39. The first-order valence-corrected chi connectivity index (χ1v) is 8.43. The third-order valence-electron chi connectivity index (χ3n) is 3.63. The molecule has 7 heteroatoms. The summed E-state index contributed by atoms with van der Waals surface area (Å²) in [5, 5.41) is 0. The molecule has 0 aliphatic heterocycles. The number of nitrogens with one attached hydrogen (secondary N) is 1. The number of hydrogen-bond acceptors (Lipinski definition) is 4. The van der Waals surface area contributed by atoms with E-state index in [1.807, 2.05) is 6.92 Å². The van der Waals surface area contributed by atoms with E-state index in [-0.39, 0.29) is 22.9 Å². The van der Waals surface area contributed by atoms with Crippen molar-refractivity contribution in [2.45, 2.75) is 36.7 Å². The first-order valence-electron chi connectivity index (χ1n) is 6.95. The molecule has 1 amide bonds. The van der Waals surface area contributed by atoms with Crippen LogP contribution in [0.2, 0.25) is 0 Å². The van der Waals surface area contributed by atoms with Crippen LogP contribution in [0.4, 0.5) is 0 Å². The highest BCUT2D eigenvalue weighted by atomic mass is 32.2. The average molecular weight is 311 g/mol. The Morgan fingerprint density at radius 1 is 1.38 bits per heavy atom. The first-order chi connectivity index (χ1) is 9.85. The second-order valence-electron chi connectivity index (χ2n) is 5.42. The van der Waals surface area contributed by atoms with E-state index in [0.29, 0.717) is 12.1 Å². The largest absolute Gasteiger partial charge is 0.338 e. The van der Waals surface area contributed by atoms with Crippen LogP contribution in [0.25, 0.3) is 0 Å². The van der Waals surface area contributed by atoms with Crippen molar-refractivity contribution in [2.24, 2.45) is 5.73 Å². The normalized spacial score (nSPS) is 16.5. The van der Waals surface area contributed by atoms with Crippen LogP contribution in [0, 0.1) is 0 Å². The van der Waals surface area contributed by atoms with Gasteiger partial charge in [0.2, 0.25) is 10.0 Å². The molecule has 1 aliphatic carbocycles. The van der Waals surface area contributed by atoms with Gasteiger partial charge in [-0.15, -0.1) is 0 Å². The molecule has 1 aliphatic rings. The maximum atomic E-state index is 12.2. The Kier molecular flexibility index (Phi) is 4.65. The summed E-state index contributed by atoms with van der Waals surface area (Å²) in [6.07, 6.45) is 1.77. The topological polar surface area (TPSA) is 92.5 Å². The van der Waals surface area contributed by atoms with Crippen molar-refractivity contribution in [3.8, 4) is 0 Å². The predicted octanol–water partition coefficient (Wildman–Crippen LogP) is 0.547. The van der Waals surface area contributed by atoms with E-state index in [9.17, 15) is 13.2 Å². The molecule has 1 atom stereocenters. The fraction of sp³-hybridized carbons (Fsp3) is 0.500. The summed E-state index contributed by atoms with van der Waals surface area (Å²) in [7, 11) is -1.80. The van der Waals surface area contributed by atoms with E-state index in [1.165, 1.54) is 24.3 Å². The quantitative estimate of drug-likeness (QED) is 0.802. The molecule has 0 heterocycles. The highest BCUT2D eigenvalue weighted by molar-refractivity contribution is 7.89. The van der Waals surface area contributed by atoms with Crippen LogP contribution < -0.4 is 10.5 Å². The van der Waals surface area contributed by atoms with Gasteiger partial charge in [0.1, 0.15) is 0 Å². The van der Waals surface area contributed by atoms with Gasteiger partial charge in [-0.25, -0.2) is 13.1 Å². The van der Waals surface area contributed by atoms with Crippen molar-refractivity contribution in [3.05, 3.63) is 29.8 Å². The van der Waals surface area contributed by atoms with E-state index < -0.39 is 10.0 Å². The molecule has 0 bridgehead atoms. The van der Waals surface area contributed by atoms with E-state index in [4.69, 9.17) is 5.73 Å². The predicted molar refractivity (Wildman–Crippen MR) is 80.4 cm³/mol. The van der Waals surface area contributed by atoms with Gasteiger partial charge in [0.05, 0.1) is 4.90 Å². The first kappa shape index (κ1) is 15.9. The number of sulfonamides is 1. The fourth-order valence-electron chi connectivity index (χ4n) is 1.83. The summed E-state index contributed by atoms with van der Waals surface area (Å²) < 4.78 is 26.7. The number of nitrogens with zero attached hydrogens (tertiary/aromatic N) is 1. The molecule has 1 aromatic carbocycles. The van der Waals surface area contributed by atoms with Crippen LogP contribution in [0.1, 0.15) is 30.1 Å². The molecule has 21 heavy (non-hydrogen) atoms. The summed E-state index contributed by atoms with van der Waals surface area (Å²) in [6.45, 7) is 2.23. The SMILES string of the molecule is CC(CN)N(C)C(=O)c1ccc(S(=O)(=O)NC2CC2)cc1. The molecule has 6 nitrogen and oxygen atoms in total. The molecule has 1 unspecified atom stereocenters. The van der Waals surface area contributed by atoms with Crippen molar-refractivity contribution in [1.82, 2.24) is 9.62 Å². The Morgan fingerprint density at radius 3 is 2.43 bits per heavy atom. The molecule has 1 fully saturated rings.